The molecule has 1 atom stereocenters. The van der Waals surface area contributed by atoms with Crippen LogP contribution in [0.4, 0.5) is 5.69 Å². The van der Waals surface area contributed by atoms with E-state index in [1.807, 2.05) is 0 Å². The smallest absolute Gasteiger partial charge is 0.292 e. The molecule has 1 unspecified atom stereocenters. The lowest BCUT2D eigenvalue weighted by atomic mass is 10.3. The molecular formula is C10H15N3O5. The van der Waals surface area contributed by atoms with Crippen LogP contribution in [0.5, 0.6) is 5.88 Å². The van der Waals surface area contributed by atoms with Crippen molar-refractivity contribution in [1.29, 1.82) is 0 Å². The molecule has 18 heavy (non-hydrogen) atoms. The van der Waals surface area contributed by atoms with Crippen LogP contribution in [0.2, 0.25) is 0 Å². The predicted octanol–water partition coefficient (Wildman–Crippen LogP) is -0.559. The van der Waals surface area contributed by atoms with Gasteiger partial charge in [0.2, 0.25) is 5.88 Å². The minimum absolute atomic E-state index is 0.102. The van der Waals surface area contributed by atoms with E-state index in [0.717, 1.165) is 0 Å². The molecule has 0 aliphatic heterocycles. The first-order valence-corrected chi connectivity index (χ1v) is 5.26. The number of nitro groups is 1. The molecule has 0 radical (unpaired) electrons. The van der Waals surface area contributed by atoms with Gasteiger partial charge in [0.05, 0.1) is 24.7 Å². The van der Waals surface area contributed by atoms with Gasteiger partial charge in [0.25, 0.3) is 5.69 Å². The van der Waals surface area contributed by atoms with Gasteiger partial charge in [-0.25, -0.2) is 4.98 Å². The molecule has 1 heterocycles. The lowest BCUT2D eigenvalue weighted by Crippen LogP contribution is -2.29. The summed E-state index contributed by atoms with van der Waals surface area (Å²) in [6, 6.07) is 2.72. The molecule has 3 N–H and O–H groups in total. The average molecular weight is 257 g/mol. The maximum Gasteiger partial charge on any atom is 0.292 e. The number of rotatable bonds is 7. The molecule has 8 heteroatoms. The molecule has 100 valence electrons. The first kappa shape index (κ1) is 14.3. The van der Waals surface area contributed by atoms with Gasteiger partial charge < -0.3 is 20.3 Å². The minimum atomic E-state index is -0.908. The number of nitrogens with one attached hydrogen (secondary N) is 1. The summed E-state index contributed by atoms with van der Waals surface area (Å²) in [4.78, 5) is 14.2. The molecule has 0 aromatic carbocycles. The van der Waals surface area contributed by atoms with Crippen LogP contribution in [0, 0.1) is 10.1 Å². The van der Waals surface area contributed by atoms with E-state index in [-0.39, 0.29) is 37.0 Å². The van der Waals surface area contributed by atoms with Gasteiger partial charge in [-0.05, 0) is 0 Å². The molecule has 0 saturated heterocycles. The molecule has 8 nitrogen and oxygen atoms in total. The number of hydrogen-bond acceptors (Lipinski definition) is 7. The highest BCUT2D eigenvalue weighted by molar-refractivity contribution is 5.37. The van der Waals surface area contributed by atoms with Crippen molar-refractivity contribution in [3.63, 3.8) is 0 Å². The van der Waals surface area contributed by atoms with Crippen LogP contribution in [0.15, 0.2) is 12.1 Å². The maximum atomic E-state index is 10.8. The van der Waals surface area contributed by atoms with Crippen molar-refractivity contribution in [1.82, 2.24) is 10.3 Å². The summed E-state index contributed by atoms with van der Waals surface area (Å²) in [6.45, 7) is -0.155. The molecule has 0 bridgehead atoms. The van der Waals surface area contributed by atoms with Crippen molar-refractivity contribution >= 4 is 5.69 Å². The molecule has 1 aromatic heterocycles. The highest BCUT2D eigenvalue weighted by atomic mass is 16.6. The molecular weight excluding hydrogens is 242 g/mol. The molecule has 1 aromatic rings. The molecule has 0 amide bonds. The second-order valence-electron chi connectivity index (χ2n) is 3.54. The highest BCUT2D eigenvalue weighted by Crippen LogP contribution is 2.19. The summed E-state index contributed by atoms with van der Waals surface area (Å²) < 4.78 is 4.89. The standard InChI is InChI=1S/C10H15N3O5/c1-18-10-3-2-9(13(16)17)8(12-10)5-11-4-7(15)6-14/h2-3,7,11,14-15H,4-6H2,1H3. The Morgan fingerprint density at radius 1 is 1.61 bits per heavy atom. The fraction of sp³-hybridized carbons (Fsp3) is 0.500. The van der Waals surface area contributed by atoms with Gasteiger partial charge >= 0.3 is 0 Å². The van der Waals surface area contributed by atoms with Crippen molar-refractivity contribution in [2.45, 2.75) is 12.6 Å². The third-order valence-corrected chi connectivity index (χ3v) is 2.21. The van der Waals surface area contributed by atoms with Crippen molar-refractivity contribution in [3.8, 4) is 5.88 Å². The van der Waals surface area contributed by atoms with Crippen molar-refractivity contribution in [2.24, 2.45) is 0 Å². The zero-order valence-electron chi connectivity index (χ0n) is 9.87. The Labute approximate surface area is 103 Å². The zero-order valence-corrected chi connectivity index (χ0v) is 9.87. The van der Waals surface area contributed by atoms with E-state index < -0.39 is 11.0 Å². The Morgan fingerprint density at radius 2 is 2.33 bits per heavy atom. The SMILES string of the molecule is COc1ccc([N+](=O)[O-])c(CNCC(O)CO)n1. The summed E-state index contributed by atoms with van der Waals surface area (Å²) >= 11 is 0. The average Bonchev–Trinajstić information content (AvgIpc) is 2.37. The van der Waals surface area contributed by atoms with Crippen LogP contribution in [-0.4, -0.2) is 46.5 Å². The molecule has 0 aliphatic rings. The maximum absolute atomic E-state index is 10.8. The zero-order chi connectivity index (χ0) is 13.5. The van der Waals surface area contributed by atoms with Crippen LogP contribution in [0.1, 0.15) is 5.69 Å². The van der Waals surface area contributed by atoms with Crippen LogP contribution in [0.3, 0.4) is 0 Å². The van der Waals surface area contributed by atoms with E-state index in [1.54, 1.807) is 0 Å². The summed E-state index contributed by atoms with van der Waals surface area (Å²) in [5.74, 6) is 0.278. The van der Waals surface area contributed by atoms with Gasteiger partial charge in [0.1, 0.15) is 5.69 Å². The predicted molar refractivity (Wildman–Crippen MR) is 62.2 cm³/mol. The van der Waals surface area contributed by atoms with Crippen molar-refractivity contribution < 1.29 is 19.9 Å². The molecule has 0 fully saturated rings. The van der Waals surface area contributed by atoms with E-state index in [9.17, 15) is 10.1 Å². The summed E-state index contributed by atoms with van der Waals surface area (Å²) in [6.07, 6.45) is -0.908. The van der Waals surface area contributed by atoms with Gasteiger partial charge in [-0.3, -0.25) is 10.1 Å². The largest absolute Gasteiger partial charge is 0.481 e. The number of pyridine rings is 1. The topological polar surface area (TPSA) is 118 Å². The number of aliphatic hydroxyl groups excluding tert-OH is 2. The van der Waals surface area contributed by atoms with E-state index >= 15 is 0 Å². The van der Waals surface area contributed by atoms with Gasteiger partial charge in [-0.15, -0.1) is 0 Å². The second kappa shape index (κ2) is 6.84. The van der Waals surface area contributed by atoms with Gasteiger partial charge in [0.15, 0.2) is 0 Å². The van der Waals surface area contributed by atoms with Crippen LogP contribution >= 0.6 is 0 Å². The molecule has 0 aliphatic carbocycles. The van der Waals surface area contributed by atoms with Crippen LogP contribution < -0.4 is 10.1 Å². The van der Waals surface area contributed by atoms with E-state index in [0.29, 0.717) is 0 Å². The quantitative estimate of drug-likeness (QED) is 0.442. The van der Waals surface area contributed by atoms with Gasteiger partial charge in [-0.2, -0.15) is 0 Å². The monoisotopic (exact) mass is 257 g/mol. The number of ether oxygens (including phenoxy) is 1. The number of aromatic nitrogens is 1. The van der Waals surface area contributed by atoms with Crippen LogP contribution in [-0.2, 0) is 6.54 Å². The third-order valence-electron chi connectivity index (χ3n) is 2.21. The number of hydrogen-bond donors (Lipinski definition) is 3. The normalized spacial score (nSPS) is 12.2. The van der Waals surface area contributed by atoms with Crippen molar-refractivity contribution in [2.75, 3.05) is 20.3 Å². The Hall–Kier alpha value is -1.77. The van der Waals surface area contributed by atoms with Crippen LogP contribution in [0.25, 0.3) is 0 Å². The summed E-state index contributed by atoms with van der Waals surface area (Å²) in [5.41, 5.74) is 0.0891. The number of aliphatic hydroxyl groups is 2. The Bertz CT molecular complexity index is 412. The van der Waals surface area contributed by atoms with Gasteiger partial charge in [-0.1, -0.05) is 0 Å². The first-order valence-electron chi connectivity index (χ1n) is 5.26. The molecule has 0 saturated carbocycles. The van der Waals surface area contributed by atoms with Crippen molar-refractivity contribution in [3.05, 3.63) is 27.9 Å². The van der Waals surface area contributed by atoms with E-state index in [2.05, 4.69) is 10.3 Å². The summed E-state index contributed by atoms with van der Waals surface area (Å²) in [5, 5.41) is 31.3. The summed E-state index contributed by atoms with van der Waals surface area (Å²) in [7, 11) is 1.42. The third kappa shape index (κ3) is 3.91. The molecule has 1 rings (SSSR count). The Kier molecular flexibility index (Phi) is 5.43. The van der Waals surface area contributed by atoms with E-state index in [1.165, 1.54) is 19.2 Å². The fourth-order valence-corrected chi connectivity index (χ4v) is 1.31. The van der Waals surface area contributed by atoms with Gasteiger partial charge in [0, 0.05) is 25.2 Å². The number of nitrogens with zero attached hydrogens (tertiary/aromatic N) is 2. The van der Waals surface area contributed by atoms with E-state index in [4.69, 9.17) is 14.9 Å². The Morgan fingerprint density at radius 3 is 2.89 bits per heavy atom. The first-order chi connectivity index (χ1) is 8.58. The number of methoxy groups -OCH3 is 1. The fourth-order valence-electron chi connectivity index (χ4n) is 1.31. The minimum Gasteiger partial charge on any atom is -0.481 e. The molecule has 0 spiro atoms. The second-order valence-corrected chi connectivity index (χ2v) is 3.54. The lowest BCUT2D eigenvalue weighted by Gasteiger charge is -2.09. The lowest BCUT2D eigenvalue weighted by molar-refractivity contribution is -0.386. The highest BCUT2D eigenvalue weighted by Gasteiger charge is 2.16. The Balaban J connectivity index is 2.75.